The Labute approximate surface area is 106 Å². The monoisotopic (exact) mass is 249 g/mol. The molecule has 0 bridgehead atoms. The molecule has 0 saturated carbocycles. The van der Waals surface area contributed by atoms with E-state index in [0.29, 0.717) is 11.7 Å². The van der Waals surface area contributed by atoms with Crippen LogP contribution in [0.2, 0.25) is 0 Å². The minimum absolute atomic E-state index is 0.172. The van der Waals surface area contributed by atoms with Gasteiger partial charge in [-0.25, -0.2) is 0 Å². The molecule has 0 saturated heterocycles. The van der Waals surface area contributed by atoms with Crippen LogP contribution in [-0.4, -0.2) is 19.9 Å². The summed E-state index contributed by atoms with van der Waals surface area (Å²) in [6.07, 6.45) is 1.88. The highest BCUT2D eigenvalue weighted by atomic mass is 16.5. The second-order valence-electron chi connectivity index (χ2n) is 5.53. The van der Waals surface area contributed by atoms with Crippen LogP contribution in [0.3, 0.4) is 0 Å². The molecule has 0 aliphatic heterocycles. The van der Waals surface area contributed by atoms with Gasteiger partial charge in [-0.1, -0.05) is 25.9 Å². The molecule has 0 radical (unpaired) electrons. The first-order valence-electron chi connectivity index (χ1n) is 5.89. The van der Waals surface area contributed by atoms with Crippen LogP contribution in [0.4, 0.5) is 0 Å². The Morgan fingerprint density at radius 2 is 2.06 bits per heavy atom. The zero-order valence-electron chi connectivity index (χ0n) is 11.4. The van der Waals surface area contributed by atoms with Crippen LogP contribution in [0.5, 0.6) is 0 Å². The van der Waals surface area contributed by atoms with Crippen LogP contribution in [0.25, 0.3) is 0 Å². The van der Waals surface area contributed by atoms with E-state index >= 15 is 0 Å². The molecule has 0 amide bonds. The van der Waals surface area contributed by atoms with Crippen molar-refractivity contribution in [1.82, 2.24) is 19.9 Å². The molecule has 0 aromatic carbocycles. The van der Waals surface area contributed by atoms with E-state index < -0.39 is 6.04 Å². The fourth-order valence-electron chi connectivity index (χ4n) is 1.73. The number of nitrogens with two attached hydrogens (primary N) is 1. The number of hydrogen-bond donors (Lipinski definition) is 1. The maximum absolute atomic E-state index is 6.15. The summed E-state index contributed by atoms with van der Waals surface area (Å²) < 4.78 is 6.98. The highest BCUT2D eigenvalue weighted by molar-refractivity contribution is 5.25. The van der Waals surface area contributed by atoms with Crippen LogP contribution in [0.15, 0.2) is 10.7 Å². The Morgan fingerprint density at radius 3 is 2.50 bits per heavy atom. The molecule has 98 valence electrons. The maximum atomic E-state index is 6.15. The third-order valence-electron chi connectivity index (χ3n) is 2.75. The van der Waals surface area contributed by atoms with Crippen molar-refractivity contribution in [1.29, 1.82) is 0 Å². The van der Waals surface area contributed by atoms with Crippen LogP contribution in [0, 0.1) is 6.92 Å². The van der Waals surface area contributed by atoms with Gasteiger partial charge in [0.05, 0.1) is 11.7 Å². The van der Waals surface area contributed by atoms with Crippen molar-refractivity contribution in [2.45, 2.75) is 39.2 Å². The van der Waals surface area contributed by atoms with E-state index in [1.54, 1.807) is 4.68 Å². The molecule has 1 unspecified atom stereocenters. The number of aromatic nitrogens is 4. The Hall–Kier alpha value is -1.69. The third-order valence-corrected chi connectivity index (χ3v) is 2.75. The second kappa shape index (κ2) is 4.20. The lowest BCUT2D eigenvalue weighted by molar-refractivity contribution is 0.317. The van der Waals surface area contributed by atoms with E-state index in [2.05, 4.69) is 15.2 Å². The van der Waals surface area contributed by atoms with Crippen LogP contribution >= 0.6 is 0 Å². The molecular formula is C12H19N5O. The summed E-state index contributed by atoms with van der Waals surface area (Å²) in [5.41, 5.74) is 7.77. The Kier molecular flexibility index (Phi) is 2.98. The van der Waals surface area contributed by atoms with Crippen molar-refractivity contribution in [2.75, 3.05) is 0 Å². The standard InChI is InChI=1S/C12H19N5O/c1-7-8(6-17(5)15-7)9(13)10-14-11(18-16-10)12(2,3)4/h6,9H,13H2,1-5H3. The fourth-order valence-corrected chi connectivity index (χ4v) is 1.73. The zero-order valence-corrected chi connectivity index (χ0v) is 11.4. The van der Waals surface area contributed by atoms with E-state index in [9.17, 15) is 0 Å². The average Bonchev–Trinajstić information content (AvgIpc) is 2.83. The van der Waals surface area contributed by atoms with Gasteiger partial charge in [-0.05, 0) is 6.92 Å². The molecule has 2 rings (SSSR count). The largest absolute Gasteiger partial charge is 0.339 e. The van der Waals surface area contributed by atoms with E-state index in [0.717, 1.165) is 11.3 Å². The minimum Gasteiger partial charge on any atom is -0.339 e. The molecule has 18 heavy (non-hydrogen) atoms. The molecule has 6 heteroatoms. The molecule has 6 nitrogen and oxygen atoms in total. The molecule has 1 atom stereocenters. The van der Waals surface area contributed by atoms with Gasteiger partial charge in [0.25, 0.3) is 0 Å². The summed E-state index contributed by atoms with van der Waals surface area (Å²) in [4.78, 5) is 4.37. The van der Waals surface area contributed by atoms with E-state index in [-0.39, 0.29) is 5.41 Å². The van der Waals surface area contributed by atoms with Gasteiger partial charge in [0.2, 0.25) is 5.89 Å². The first-order valence-corrected chi connectivity index (χ1v) is 5.89. The molecule has 0 aliphatic rings. The summed E-state index contributed by atoms with van der Waals surface area (Å²) in [5, 5.41) is 8.22. The van der Waals surface area contributed by atoms with Crippen LogP contribution in [-0.2, 0) is 12.5 Å². The highest BCUT2D eigenvalue weighted by Crippen LogP contribution is 2.24. The topological polar surface area (TPSA) is 82.8 Å². The predicted octanol–water partition coefficient (Wildman–Crippen LogP) is 1.46. The first-order chi connectivity index (χ1) is 8.29. The lowest BCUT2D eigenvalue weighted by Crippen LogP contribution is -2.16. The van der Waals surface area contributed by atoms with Crippen LogP contribution in [0.1, 0.15) is 49.8 Å². The zero-order chi connectivity index (χ0) is 13.5. The summed E-state index contributed by atoms with van der Waals surface area (Å²) in [6.45, 7) is 7.97. The number of rotatable bonds is 2. The summed E-state index contributed by atoms with van der Waals surface area (Å²) >= 11 is 0. The Balaban J connectivity index is 2.32. The lowest BCUT2D eigenvalue weighted by Gasteiger charge is -2.10. The van der Waals surface area contributed by atoms with Gasteiger partial charge in [0, 0.05) is 24.2 Å². The number of nitrogens with zero attached hydrogens (tertiary/aromatic N) is 4. The first kappa shape index (κ1) is 12.8. The van der Waals surface area contributed by atoms with Crippen molar-refractivity contribution in [3.63, 3.8) is 0 Å². The quantitative estimate of drug-likeness (QED) is 0.871. The van der Waals surface area contributed by atoms with Crippen molar-refractivity contribution in [3.05, 3.63) is 29.2 Å². The minimum atomic E-state index is -0.404. The van der Waals surface area contributed by atoms with E-state index in [1.165, 1.54) is 0 Å². The van der Waals surface area contributed by atoms with Crippen LogP contribution < -0.4 is 5.73 Å². The Bertz CT molecular complexity index is 549. The van der Waals surface area contributed by atoms with Gasteiger partial charge >= 0.3 is 0 Å². The fraction of sp³-hybridized carbons (Fsp3) is 0.583. The third kappa shape index (κ3) is 2.28. The van der Waals surface area contributed by atoms with Gasteiger partial charge in [-0.2, -0.15) is 10.1 Å². The summed E-state index contributed by atoms with van der Waals surface area (Å²) in [5.74, 6) is 1.09. The van der Waals surface area contributed by atoms with Crippen molar-refractivity contribution >= 4 is 0 Å². The average molecular weight is 249 g/mol. The van der Waals surface area contributed by atoms with Crippen molar-refractivity contribution in [3.8, 4) is 0 Å². The van der Waals surface area contributed by atoms with Gasteiger partial charge in [0.15, 0.2) is 5.82 Å². The molecule has 2 aromatic rings. The molecule has 2 heterocycles. The van der Waals surface area contributed by atoms with Crippen molar-refractivity contribution < 1.29 is 4.52 Å². The predicted molar refractivity (Wildman–Crippen MR) is 67.0 cm³/mol. The molecule has 2 aromatic heterocycles. The highest BCUT2D eigenvalue weighted by Gasteiger charge is 2.25. The number of hydrogen-bond acceptors (Lipinski definition) is 5. The van der Waals surface area contributed by atoms with E-state index in [1.807, 2.05) is 40.9 Å². The normalized spacial score (nSPS) is 13.9. The molecule has 0 aliphatic carbocycles. The molecule has 0 fully saturated rings. The summed E-state index contributed by atoms with van der Waals surface area (Å²) in [6, 6.07) is -0.404. The molecular weight excluding hydrogens is 230 g/mol. The Morgan fingerprint density at radius 1 is 1.39 bits per heavy atom. The van der Waals surface area contributed by atoms with Crippen molar-refractivity contribution in [2.24, 2.45) is 12.8 Å². The summed E-state index contributed by atoms with van der Waals surface area (Å²) in [7, 11) is 1.86. The SMILES string of the molecule is Cc1nn(C)cc1C(N)c1noc(C(C)(C)C)n1. The maximum Gasteiger partial charge on any atom is 0.232 e. The van der Waals surface area contributed by atoms with Gasteiger partial charge in [0.1, 0.15) is 0 Å². The van der Waals surface area contributed by atoms with Gasteiger partial charge in [-0.3, -0.25) is 4.68 Å². The molecule has 2 N–H and O–H groups in total. The van der Waals surface area contributed by atoms with Gasteiger partial charge < -0.3 is 10.3 Å². The molecule has 0 spiro atoms. The lowest BCUT2D eigenvalue weighted by atomic mass is 9.97. The second-order valence-corrected chi connectivity index (χ2v) is 5.53. The van der Waals surface area contributed by atoms with Gasteiger partial charge in [-0.15, -0.1) is 0 Å². The van der Waals surface area contributed by atoms with E-state index in [4.69, 9.17) is 10.3 Å². The smallest absolute Gasteiger partial charge is 0.232 e. The number of aryl methyl sites for hydroxylation is 2.